The molecule has 0 radical (unpaired) electrons. The van der Waals surface area contributed by atoms with Gasteiger partial charge in [0.05, 0.1) is 0 Å². The maximum atomic E-state index is 12.4. The van der Waals surface area contributed by atoms with E-state index in [0.717, 1.165) is 35.6 Å². The fourth-order valence-corrected chi connectivity index (χ4v) is 3.81. The number of ether oxygens (including phenoxy) is 1. The Balaban J connectivity index is 1.33. The molecular weight excluding hydrogens is 400 g/mol. The molecule has 1 aliphatic rings. The zero-order chi connectivity index (χ0) is 22.3. The Hall–Kier alpha value is -3.34. The van der Waals surface area contributed by atoms with Crippen LogP contribution in [-0.2, 0) is 6.61 Å². The summed E-state index contributed by atoms with van der Waals surface area (Å²) in [5, 5.41) is 3.02. The van der Waals surface area contributed by atoms with Crippen LogP contribution in [0.4, 0.5) is 0 Å². The number of carbonyl (C=O) groups is 1. The fourth-order valence-electron chi connectivity index (χ4n) is 3.81. The standard InChI is InChI=1S/C27H30N2O3/c1-19-8-14-24(15-9-19)31-18-25-20(2)32-27(29-25)23-12-10-22(11-13-23)26(30)28-17-16-21-6-4-3-5-7-21/h6,8-15H,3-5,7,16-18H2,1-2H3,(H,28,30). The van der Waals surface area contributed by atoms with Crippen LogP contribution >= 0.6 is 0 Å². The maximum absolute atomic E-state index is 12.4. The van der Waals surface area contributed by atoms with Crippen molar-refractivity contribution in [2.24, 2.45) is 0 Å². The molecule has 5 nitrogen and oxygen atoms in total. The van der Waals surface area contributed by atoms with Crippen molar-refractivity contribution >= 4 is 5.91 Å². The highest BCUT2D eigenvalue weighted by molar-refractivity contribution is 5.94. The van der Waals surface area contributed by atoms with Crippen molar-refractivity contribution < 1.29 is 13.9 Å². The van der Waals surface area contributed by atoms with Crippen LogP contribution < -0.4 is 10.1 Å². The second kappa shape index (κ2) is 10.3. The molecule has 0 saturated heterocycles. The van der Waals surface area contributed by atoms with Gasteiger partial charge in [-0.05, 0) is 82.3 Å². The SMILES string of the molecule is Cc1ccc(OCc2nc(-c3ccc(C(=O)NCCC4=CCCCC4)cc3)oc2C)cc1. The summed E-state index contributed by atoms with van der Waals surface area (Å²) >= 11 is 0. The first-order valence-electron chi connectivity index (χ1n) is 11.3. The number of carbonyl (C=O) groups excluding carboxylic acids is 1. The molecule has 0 bridgehead atoms. The second-order valence-electron chi connectivity index (χ2n) is 8.32. The van der Waals surface area contributed by atoms with Crippen LogP contribution in [0.1, 0.15) is 59.5 Å². The van der Waals surface area contributed by atoms with Gasteiger partial charge in [-0.25, -0.2) is 4.98 Å². The largest absolute Gasteiger partial charge is 0.487 e. The highest BCUT2D eigenvalue weighted by atomic mass is 16.5. The van der Waals surface area contributed by atoms with Gasteiger partial charge in [-0.3, -0.25) is 4.79 Å². The van der Waals surface area contributed by atoms with Crippen LogP contribution in [0.5, 0.6) is 5.75 Å². The summed E-state index contributed by atoms with van der Waals surface area (Å²) in [6.45, 7) is 4.95. The molecule has 0 unspecified atom stereocenters. The summed E-state index contributed by atoms with van der Waals surface area (Å²) in [6, 6.07) is 15.3. The lowest BCUT2D eigenvalue weighted by molar-refractivity contribution is 0.0954. The number of aryl methyl sites for hydroxylation is 2. The van der Waals surface area contributed by atoms with Crippen LogP contribution in [0.25, 0.3) is 11.5 Å². The fraction of sp³-hybridized carbons (Fsp3) is 0.333. The first kappa shape index (κ1) is 21.9. The van der Waals surface area contributed by atoms with E-state index in [1.54, 1.807) is 0 Å². The number of amides is 1. The highest BCUT2D eigenvalue weighted by Gasteiger charge is 2.13. The molecule has 1 N–H and O–H groups in total. The van der Waals surface area contributed by atoms with Crippen LogP contribution in [-0.4, -0.2) is 17.4 Å². The summed E-state index contributed by atoms with van der Waals surface area (Å²) < 4.78 is 11.7. The number of hydrogen-bond donors (Lipinski definition) is 1. The van der Waals surface area contributed by atoms with Crippen LogP contribution in [0.2, 0.25) is 0 Å². The molecule has 0 spiro atoms. The zero-order valence-electron chi connectivity index (χ0n) is 18.8. The van der Waals surface area contributed by atoms with E-state index in [0.29, 0.717) is 24.6 Å². The number of allylic oxidation sites excluding steroid dienone is 1. The molecule has 4 rings (SSSR count). The van der Waals surface area contributed by atoms with Gasteiger partial charge in [0.2, 0.25) is 5.89 Å². The predicted octanol–water partition coefficient (Wildman–Crippen LogP) is 6.16. The third-order valence-corrected chi connectivity index (χ3v) is 5.80. The van der Waals surface area contributed by atoms with Gasteiger partial charge in [0.25, 0.3) is 5.91 Å². The molecule has 32 heavy (non-hydrogen) atoms. The first-order valence-corrected chi connectivity index (χ1v) is 11.3. The molecule has 166 valence electrons. The van der Waals surface area contributed by atoms with Crippen molar-refractivity contribution in [3.63, 3.8) is 0 Å². The number of benzene rings is 2. The van der Waals surface area contributed by atoms with Gasteiger partial charge in [0.15, 0.2) is 0 Å². The molecule has 1 amide bonds. The number of aromatic nitrogens is 1. The summed E-state index contributed by atoms with van der Waals surface area (Å²) in [5.41, 5.74) is 4.89. The lowest BCUT2D eigenvalue weighted by atomic mass is 9.97. The Bertz CT molecular complexity index is 1080. The second-order valence-corrected chi connectivity index (χ2v) is 8.32. The van der Waals surface area contributed by atoms with Crippen molar-refractivity contribution in [1.29, 1.82) is 0 Å². The van der Waals surface area contributed by atoms with E-state index in [9.17, 15) is 4.79 Å². The van der Waals surface area contributed by atoms with E-state index < -0.39 is 0 Å². The van der Waals surface area contributed by atoms with Crippen LogP contribution in [0, 0.1) is 13.8 Å². The Kier molecular flexibility index (Phi) is 7.05. The molecule has 0 saturated carbocycles. The average molecular weight is 431 g/mol. The third kappa shape index (κ3) is 5.67. The minimum atomic E-state index is -0.0521. The normalized spacial score (nSPS) is 13.5. The van der Waals surface area contributed by atoms with Gasteiger partial charge >= 0.3 is 0 Å². The Morgan fingerprint density at radius 3 is 2.56 bits per heavy atom. The van der Waals surface area contributed by atoms with Crippen molar-refractivity contribution in [3.05, 3.63) is 82.8 Å². The van der Waals surface area contributed by atoms with Crippen LogP contribution in [0.3, 0.4) is 0 Å². The smallest absolute Gasteiger partial charge is 0.251 e. The van der Waals surface area contributed by atoms with E-state index in [4.69, 9.17) is 9.15 Å². The van der Waals surface area contributed by atoms with Gasteiger partial charge in [-0.15, -0.1) is 0 Å². The lowest BCUT2D eigenvalue weighted by Gasteiger charge is -2.13. The average Bonchev–Trinajstić information content (AvgIpc) is 3.20. The molecule has 0 fully saturated rings. The highest BCUT2D eigenvalue weighted by Crippen LogP contribution is 2.24. The summed E-state index contributed by atoms with van der Waals surface area (Å²) in [4.78, 5) is 17.0. The van der Waals surface area contributed by atoms with E-state index in [1.807, 2.05) is 62.4 Å². The van der Waals surface area contributed by atoms with Gasteiger partial charge in [0, 0.05) is 17.7 Å². The molecule has 2 aromatic carbocycles. The topological polar surface area (TPSA) is 64.4 Å². The van der Waals surface area contributed by atoms with Crippen molar-refractivity contribution in [1.82, 2.24) is 10.3 Å². The first-order chi connectivity index (χ1) is 15.6. The van der Waals surface area contributed by atoms with E-state index in [1.165, 1.54) is 30.4 Å². The zero-order valence-corrected chi connectivity index (χ0v) is 18.8. The minimum absolute atomic E-state index is 0.0521. The van der Waals surface area contributed by atoms with E-state index >= 15 is 0 Å². The van der Waals surface area contributed by atoms with E-state index in [2.05, 4.69) is 16.4 Å². The molecule has 0 atom stereocenters. The number of nitrogens with one attached hydrogen (secondary N) is 1. The number of nitrogens with zero attached hydrogens (tertiary/aromatic N) is 1. The van der Waals surface area contributed by atoms with Gasteiger partial charge < -0.3 is 14.5 Å². The number of hydrogen-bond acceptors (Lipinski definition) is 4. The van der Waals surface area contributed by atoms with Crippen molar-refractivity contribution in [3.8, 4) is 17.2 Å². The molecule has 5 heteroatoms. The quantitative estimate of drug-likeness (QED) is 0.435. The van der Waals surface area contributed by atoms with Gasteiger partial charge in [0.1, 0.15) is 23.8 Å². The Morgan fingerprint density at radius 1 is 1.06 bits per heavy atom. The Morgan fingerprint density at radius 2 is 1.84 bits per heavy atom. The third-order valence-electron chi connectivity index (χ3n) is 5.80. The van der Waals surface area contributed by atoms with Crippen molar-refractivity contribution in [2.45, 2.75) is 52.6 Å². The van der Waals surface area contributed by atoms with Crippen molar-refractivity contribution in [2.75, 3.05) is 6.54 Å². The summed E-state index contributed by atoms with van der Waals surface area (Å²) in [7, 11) is 0. The Labute approximate surface area is 189 Å². The van der Waals surface area contributed by atoms with Gasteiger partial charge in [-0.2, -0.15) is 0 Å². The predicted molar refractivity (Wildman–Crippen MR) is 126 cm³/mol. The lowest BCUT2D eigenvalue weighted by Crippen LogP contribution is -2.24. The molecular formula is C27H30N2O3. The molecule has 1 heterocycles. The summed E-state index contributed by atoms with van der Waals surface area (Å²) in [6.07, 6.45) is 8.15. The summed E-state index contributed by atoms with van der Waals surface area (Å²) in [5.74, 6) is 2.01. The molecule has 1 aliphatic carbocycles. The molecule has 0 aliphatic heterocycles. The van der Waals surface area contributed by atoms with Gasteiger partial charge in [-0.1, -0.05) is 29.3 Å². The number of oxazole rings is 1. The molecule has 1 aromatic heterocycles. The minimum Gasteiger partial charge on any atom is -0.487 e. The molecule has 3 aromatic rings. The van der Waals surface area contributed by atoms with E-state index in [-0.39, 0.29) is 5.91 Å². The van der Waals surface area contributed by atoms with Crippen LogP contribution in [0.15, 0.2) is 64.6 Å². The monoisotopic (exact) mass is 430 g/mol. The number of rotatable bonds is 8. The maximum Gasteiger partial charge on any atom is 0.251 e.